The van der Waals surface area contributed by atoms with Crippen LogP contribution in [0, 0.1) is 0 Å². The summed E-state index contributed by atoms with van der Waals surface area (Å²) in [7, 11) is 0. The highest BCUT2D eigenvalue weighted by molar-refractivity contribution is 6.37. The molecule has 1 aromatic carbocycles. The molecule has 3 nitrogen and oxygen atoms in total. The van der Waals surface area contributed by atoms with Crippen molar-refractivity contribution in [3.8, 4) is 0 Å². The molecule has 1 saturated heterocycles. The van der Waals surface area contributed by atoms with Crippen molar-refractivity contribution in [3.05, 3.63) is 39.9 Å². The molecule has 102 valence electrons. The Hall–Kier alpha value is -1.03. The van der Waals surface area contributed by atoms with Gasteiger partial charge >= 0.3 is 5.97 Å². The lowest BCUT2D eigenvalue weighted by molar-refractivity contribution is -0.163. The fraction of sp³-hybridized carbons (Fsp3) is 0.357. The second-order valence-corrected chi connectivity index (χ2v) is 5.72. The van der Waals surface area contributed by atoms with E-state index in [9.17, 15) is 9.90 Å². The smallest absolute Gasteiger partial charge is 0.309 e. The molecule has 1 N–H and O–H groups in total. The molecule has 5 heteroatoms. The summed E-state index contributed by atoms with van der Waals surface area (Å²) >= 11 is 12.1. The number of halogens is 2. The molecule has 1 aromatic rings. The van der Waals surface area contributed by atoms with Crippen molar-refractivity contribution < 1.29 is 14.6 Å². The van der Waals surface area contributed by atoms with Gasteiger partial charge in [-0.1, -0.05) is 35.3 Å². The molecule has 0 radical (unpaired) electrons. The van der Waals surface area contributed by atoms with Gasteiger partial charge in [0.1, 0.15) is 6.10 Å². The summed E-state index contributed by atoms with van der Waals surface area (Å²) in [5, 5.41) is 11.0. The second-order valence-electron chi connectivity index (χ2n) is 4.90. The quantitative estimate of drug-likeness (QED) is 0.851. The summed E-state index contributed by atoms with van der Waals surface area (Å²) in [6, 6.07) is 5.22. The first-order valence-electron chi connectivity index (χ1n) is 5.91. The second kappa shape index (κ2) is 5.53. The Balaban J connectivity index is 2.16. The molecule has 0 saturated carbocycles. The fourth-order valence-electron chi connectivity index (χ4n) is 2.05. The third kappa shape index (κ3) is 3.72. The van der Waals surface area contributed by atoms with Crippen molar-refractivity contribution in [3.63, 3.8) is 0 Å². The van der Waals surface area contributed by atoms with Gasteiger partial charge in [0, 0.05) is 22.0 Å². The first-order chi connectivity index (χ1) is 8.87. The lowest BCUT2D eigenvalue weighted by Crippen LogP contribution is -2.40. The van der Waals surface area contributed by atoms with Crippen LogP contribution in [0.5, 0.6) is 0 Å². The van der Waals surface area contributed by atoms with Crippen LogP contribution in [0.2, 0.25) is 10.0 Å². The maximum Gasteiger partial charge on any atom is 0.309 e. The Bertz CT molecular complexity index is 503. The predicted octanol–water partition coefficient (Wildman–Crippen LogP) is 3.46. The monoisotopic (exact) mass is 300 g/mol. The molecule has 1 aliphatic rings. The van der Waals surface area contributed by atoms with Crippen LogP contribution in [0.15, 0.2) is 24.3 Å². The van der Waals surface area contributed by atoms with Crippen LogP contribution in [0.25, 0.3) is 6.08 Å². The van der Waals surface area contributed by atoms with Gasteiger partial charge < -0.3 is 9.84 Å². The van der Waals surface area contributed by atoms with E-state index in [1.807, 2.05) is 0 Å². The van der Waals surface area contributed by atoms with Crippen LogP contribution >= 0.6 is 23.2 Å². The molecular formula is C14H14Cl2O3. The van der Waals surface area contributed by atoms with Gasteiger partial charge in [-0.05, 0) is 25.1 Å². The number of rotatable bonds is 2. The third-order valence-electron chi connectivity index (χ3n) is 2.93. The van der Waals surface area contributed by atoms with Crippen LogP contribution in [0.4, 0.5) is 0 Å². The highest BCUT2D eigenvalue weighted by Crippen LogP contribution is 2.29. The van der Waals surface area contributed by atoms with Crippen molar-refractivity contribution in [1.29, 1.82) is 0 Å². The minimum Gasteiger partial charge on any atom is -0.458 e. The zero-order valence-corrected chi connectivity index (χ0v) is 11.9. The first kappa shape index (κ1) is 14.4. The average Bonchev–Trinajstić information content (AvgIpc) is 2.25. The number of benzene rings is 1. The Labute approximate surface area is 121 Å². The molecule has 0 spiro atoms. The number of esters is 1. The molecule has 1 heterocycles. The zero-order chi connectivity index (χ0) is 14.0. The molecule has 0 aliphatic carbocycles. The van der Waals surface area contributed by atoms with Gasteiger partial charge in [0.25, 0.3) is 0 Å². The summed E-state index contributed by atoms with van der Waals surface area (Å²) in [5.74, 6) is -0.406. The predicted molar refractivity (Wildman–Crippen MR) is 75.2 cm³/mol. The Morgan fingerprint density at radius 2 is 2.05 bits per heavy atom. The van der Waals surface area contributed by atoms with Crippen LogP contribution in [0.3, 0.4) is 0 Å². The van der Waals surface area contributed by atoms with Crippen molar-refractivity contribution in [1.82, 2.24) is 0 Å². The molecule has 2 unspecified atom stereocenters. The minimum atomic E-state index is -1.03. The molecule has 2 atom stereocenters. The van der Waals surface area contributed by atoms with Crippen molar-refractivity contribution in [2.75, 3.05) is 0 Å². The molecule has 0 amide bonds. The van der Waals surface area contributed by atoms with Crippen LogP contribution < -0.4 is 0 Å². The number of hydrogen-bond acceptors (Lipinski definition) is 3. The number of hydrogen-bond donors (Lipinski definition) is 1. The van der Waals surface area contributed by atoms with Gasteiger partial charge in [-0.3, -0.25) is 4.79 Å². The Morgan fingerprint density at radius 3 is 2.63 bits per heavy atom. The number of carbonyl (C=O) groups is 1. The molecule has 1 aliphatic heterocycles. The van der Waals surface area contributed by atoms with Crippen molar-refractivity contribution in [2.45, 2.75) is 31.5 Å². The Kier molecular flexibility index (Phi) is 4.19. The lowest BCUT2D eigenvalue weighted by atomic mass is 9.92. The third-order valence-corrected chi connectivity index (χ3v) is 3.59. The van der Waals surface area contributed by atoms with Gasteiger partial charge in [0.15, 0.2) is 0 Å². The number of aliphatic hydroxyl groups is 1. The molecule has 1 fully saturated rings. The van der Waals surface area contributed by atoms with E-state index >= 15 is 0 Å². The van der Waals surface area contributed by atoms with E-state index in [2.05, 4.69) is 0 Å². The van der Waals surface area contributed by atoms with Gasteiger partial charge in [-0.2, -0.15) is 0 Å². The van der Waals surface area contributed by atoms with E-state index in [1.54, 1.807) is 37.3 Å². The van der Waals surface area contributed by atoms with E-state index < -0.39 is 17.7 Å². The van der Waals surface area contributed by atoms with Crippen LogP contribution in [-0.2, 0) is 9.53 Å². The maximum absolute atomic E-state index is 11.4. The highest BCUT2D eigenvalue weighted by Gasteiger charge is 2.34. The summed E-state index contributed by atoms with van der Waals surface area (Å²) in [4.78, 5) is 11.4. The summed E-state index contributed by atoms with van der Waals surface area (Å²) in [6.07, 6.45) is 3.31. The summed E-state index contributed by atoms with van der Waals surface area (Å²) in [5.41, 5.74) is -0.360. The molecule has 0 bridgehead atoms. The zero-order valence-electron chi connectivity index (χ0n) is 10.4. The molecular weight excluding hydrogens is 287 g/mol. The molecule has 2 rings (SSSR count). The topological polar surface area (TPSA) is 46.5 Å². The van der Waals surface area contributed by atoms with Crippen molar-refractivity contribution >= 4 is 35.2 Å². The van der Waals surface area contributed by atoms with Crippen LogP contribution in [0.1, 0.15) is 25.3 Å². The van der Waals surface area contributed by atoms with Gasteiger partial charge in [-0.25, -0.2) is 0 Å². The van der Waals surface area contributed by atoms with Gasteiger partial charge in [0.05, 0.1) is 12.0 Å². The standard InChI is InChI=1S/C14H14Cl2O3/c1-14(18)7-9(19-13(17)8-14)5-6-10-11(15)3-2-4-12(10)16/h2-6,9,18H,7-8H2,1H3/b6-5+. The van der Waals surface area contributed by atoms with E-state index in [1.165, 1.54) is 0 Å². The van der Waals surface area contributed by atoms with Crippen molar-refractivity contribution in [2.24, 2.45) is 0 Å². The van der Waals surface area contributed by atoms with E-state index in [4.69, 9.17) is 27.9 Å². The fourth-order valence-corrected chi connectivity index (χ4v) is 2.57. The Morgan fingerprint density at radius 1 is 1.42 bits per heavy atom. The molecule has 19 heavy (non-hydrogen) atoms. The summed E-state index contributed by atoms with van der Waals surface area (Å²) in [6.45, 7) is 1.62. The first-order valence-corrected chi connectivity index (χ1v) is 6.67. The van der Waals surface area contributed by atoms with Gasteiger partial charge in [0.2, 0.25) is 0 Å². The average molecular weight is 301 g/mol. The van der Waals surface area contributed by atoms with E-state index in [0.29, 0.717) is 22.0 Å². The maximum atomic E-state index is 11.4. The molecule has 0 aromatic heterocycles. The highest BCUT2D eigenvalue weighted by atomic mass is 35.5. The minimum absolute atomic E-state index is 0.0180. The summed E-state index contributed by atoms with van der Waals surface area (Å²) < 4.78 is 5.15. The van der Waals surface area contributed by atoms with Crippen LogP contribution in [-0.4, -0.2) is 22.8 Å². The number of cyclic esters (lactones) is 1. The SMILES string of the molecule is CC1(O)CC(=O)OC(/C=C/c2c(Cl)cccc2Cl)C1. The largest absolute Gasteiger partial charge is 0.458 e. The van der Waals surface area contributed by atoms with Gasteiger partial charge in [-0.15, -0.1) is 0 Å². The van der Waals surface area contributed by atoms with E-state index in [0.717, 1.165) is 0 Å². The van der Waals surface area contributed by atoms with E-state index in [-0.39, 0.29) is 6.42 Å². The normalized spacial score (nSPS) is 27.6. The number of carbonyl (C=O) groups excluding carboxylic acids is 1. The number of ether oxygens (including phenoxy) is 1. The lowest BCUT2D eigenvalue weighted by Gasteiger charge is -2.31.